The van der Waals surface area contributed by atoms with Gasteiger partial charge in [-0.05, 0) is 48.4 Å². The summed E-state index contributed by atoms with van der Waals surface area (Å²) in [5.74, 6) is -0.0475. The van der Waals surface area contributed by atoms with Crippen LogP contribution < -0.4 is 10.1 Å². The van der Waals surface area contributed by atoms with E-state index in [9.17, 15) is 9.59 Å². The van der Waals surface area contributed by atoms with Crippen molar-refractivity contribution in [3.8, 4) is 11.8 Å². The molecule has 0 heterocycles. The van der Waals surface area contributed by atoms with Gasteiger partial charge in [0, 0.05) is 12.1 Å². The fourth-order valence-electron chi connectivity index (χ4n) is 2.06. The summed E-state index contributed by atoms with van der Waals surface area (Å²) < 4.78 is 9.72. The van der Waals surface area contributed by atoms with Gasteiger partial charge in [0.2, 0.25) is 5.91 Å². The largest absolute Gasteiger partial charge is 0.482 e. The number of nitrogens with one attached hydrogen (secondary N) is 1. The van der Waals surface area contributed by atoms with Gasteiger partial charge < -0.3 is 14.8 Å². The molecule has 0 saturated carbocycles. The first-order valence-corrected chi connectivity index (χ1v) is 7.69. The smallest absolute Gasteiger partial charge is 0.343 e. The van der Waals surface area contributed by atoms with E-state index in [4.69, 9.17) is 10.00 Å². The van der Waals surface area contributed by atoms with Gasteiger partial charge in [0.05, 0.1) is 18.7 Å². The van der Waals surface area contributed by atoms with Crippen molar-refractivity contribution in [2.45, 2.75) is 12.8 Å². The first-order valence-electron chi connectivity index (χ1n) is 7.69. The second kappa shape index (κ2) is 9.08. The molecule has 128 valence electrons. The molecule has 0 aliphatic rings. The lowest BCUT2D eigenvalue weighted by Gasteiger charge is -2.08. The molecule has 0 spiro atoms. The molecule has 25 heavy (non-hydrogen) atoms. The van der Waals surface area contributed by atoms with Crippen molar-refractivity contribution in [2.24, 2.45) is 0 Å². The Morgan fingerprint density at radius 3 is 2.36 bits per heavy atom. The van der Waals surface area contributed by atoms with Crippen molar-refractivity contribution < 1.29 is 19.1 Å². The van der Waals surface area contributed by atoms with Crippen LogP contribution in [-0.4, -0.2) is 25.6 Å². The van der Waals surface area contributed by atoms with Gasteiger partial charge in [0.1, 0.15) is 5.75 Å². The maximum Gasteiger partial charge on any atom is 0.343 e. The van der Waals surface area contributed by atoms with Crippen LogP contribution in [0.25, 0.3) is 0 Å². The SMILES string of the molecule is COC(=O)COc1ccc(NC(=O)CCc2ccc(C#N)cc2)cc1. The highest BCUT2D eigenvalue weighted by atomic mass is 16.6. The summed E-state index contributed by atoms with van der Waals surface area (Å²) in [4.78, 5) is 23.0. The van der Waals surface area contributed by atoms with Gasteiger partial charge in [-0.25, -0.2) is 4.79 Å². The Morgan fingerprint density at radius 1 is 1.08 bits per heavy atom. The molecule has 0 aliphatic heterocycles. The highest BCUT2D eigenvalue weighted by molar-refractivity contribution is 5.90. The Kier molecular flexibility index (Phi) is 6.55. The topological polar surface area (TPSA) is 88.4 Å². The van der Waals surface area contributed by atoms with Crippen molar-refractivity contribution in [1.82, 2.24) is 0 Å². The minimum absolute atomic E-state index is 0.104. The number of carbonyl (C=O) groups excluding carboxylic acids is 2. The van der Waals surface area contributed by atoms with Crippen LogP contribution in [0.3, 0.4) is 0 Å². The van der Waals surface area contributed by atoms with Gasteiger partial charge in [-0.15, -0.1) is 0 Å². The average molecular weight is 338 g/mol. The third kappa shape index (κ3) is 5.99. The summed E-state index contributed by atoms with van der Waals surface area (Å²) in [6.07, 6.45) is 0.935. The molecule has 2 rings (SSSR count). The van der Waals surface area contributed by atoms with Crippen molar-refractivity contribution in [2.75, 3.05) is 19.0 Å². The Balaban J connectivity index is 1.79. The number of aryl methyl sites for hydroxylation is 1. The molecule has 0 aromatic heterocycles. The number of hydrogen-bond donors (Lipinski definition) is 1. The maximum absolute atomic E-state index is 12.0. The summed E-state index contributed by atoms with van der Waals surface area (Å²) in [7, 11) is 1.29. The fourth-order valence-corrected chi connectivity index (χ4v) is 2.06. The number of nitriles is 1. The molecule has 0 saturated heterocycles. The standard InChI is InChI=1S/C19H18N2O4/c1-24-19(23)13-25-17-9-7-16(8-10-17)21-18(22)11-6-14-2-4-15(12-20)5-3-14/h2-5,7-10H,6,11,13H2,1H3,(H,21,22). The lowest BCUT2D eigenvalue weighted by molar-refractivity contribution is -0.142. The highest BCUT2D eigenvalue weighted by Gasteiger charge is 2.05. The van der Waals surface area contributed by atoms with Crippen LogP contribution in [0.1, 0.15) is 17.5 Å². The summed E-state index contributed by atoms with van der Waals surface area (Å²) >= 11 is 0. The predicted molar refractivity (Wildman–Crippen MR) is 92.1 cm³/mol. The maximum atomic E-state index is 12.0. The molecule has 0 atom stereocenters. The van der Waals surface area contributed by atoms with Crippen LogP contribution in [0, 0.1) is 11.3 Å². The zero-order chi connectivity index (χ0) is 18.1. The van der Waals surface area contributed by atoms with Crippen LogP contribution in [0.4, 0.5) is 5.69 Å². The zero-order valence-electron chi connectivity index (χ0n) is 13.8. The van der Waals surface area contributed by atoms with Gasteiger partial charge in [0.25, 0.3) is 0 Å². The van der Waals surface area contributed by atoms with Crippen LogP contribution in [0.5, 0.6) is 5.75 Å². The van der Waals surface area contributed by atoms with Crippen molar-refractivity contribution in [3.63, 3.8) is 0 Å². The third-order valence-corrected chi connectivity index (χ3v) is 3.45. The molecule has 0 fully saturated rings. The van der Waals surface area contributed by atoms with Gasteiger partial charge in [-0.2, -0.15) is 5.26 Å². The van der Waals surface area contributed by atoms with E-state index in [1.807, 2.05) is 12.1 Å². The molecular weight excluding hydrogens is 320 g/mol. The van der Waals surface area contributed by atoms with Crippen molar-refractivity contribution in [3.05, 3.63) is 59.7 Å². The van der Waals surface area contributed by atoms with Gasteiger partial charge in [0.15, 0.2) is 6.61 Å². The molecule has 1 amide bonds. The number of amides is 1. The molecule has 1 N–H and O–H groups in total. The van der Waals surface area contributed by atoms with E-state index in [-0.39, 0.29) is 12.5 Å². The van der Waals surface area contributed by atoms with Crippen LogP contribution in [-0.2, 0) is 20.7 Å². The van der Waals surface area contributed by atoms with Crippen LogP contribution in [0.2, 0.25) is 0 Å². The normalized spacial score (nSPS) is 9.76. The summed E-state index contributed by atoms with van der Waals surface area (Å²) in [5, 5.41) is 11.6. The minimum Gasteiger partial charge on any atom is -0.482 e. The van der Waals surface area contributed by atoms with Crippen LogP contribution >= 0.6 is 0 Å². The zero-order valence-corrected chi connectivity index (χ0v) is 13.8. The number of ether oxygens (including phenoxy) is 2. The monoisotopic (exact) mass is 338 g/mol. The third-order valence-electron chi connectivity index (χ3n) is 3.45. The molecule has 0 radical (unpaired) electrons. The number of benzene rings is 2. The van der Waals surface area contributed by atoms with Crippen LogP contribution in [0.15, 0.2) is 48.5 Å². The molecule has 0 bridgehead atoms. The number of rotatable bonds is 7. The molecule has 0 aliphatic carbocycles. The molecule has 6 nitrogen and oxygen atoms in total. The molecule has 2 aromatic rings. The Hall–Kier alpha value is -3.33. The van der Waals surface area contributed by atoms with E-state index in [0.29, 0.717) is 29.8 Å². The summed E-state index contributed by atoms with van der Waals surface area (Å²) in [5.41, 5.74) is 2.25. The van der Waals surface area contributed by atoms with Crippen molar-refractivity contribution >= 4 is 17.6 Å². The Morgan fingerprint density at radius 2 is 1.76 bits per heavy atom. The predicted octanol–water partition coefficient (Wildman–Crippen LogP) is 2.68. The molecule has 2 aromatic carbocycles. The van der Waals surface area contributed by atoms with E-state index in [1.165, 1.54) is 7.11 Å². The number of nitrogens with zero attached hydrogens (tertiary/aromatic N) is 1. The van der Waals surface area contributed by atoms with E-state index >= 15 is 0 Å². The second-order valence-electron chi connectivity index (χ2n) is 5.25. The van der Waals surface area contributed by atoms with E-state index in [0.717, 1.165) is 5.56 Å². The molecule has 0 unspecified atom stereocenters. The van der Waals surface area contributed by atoms with Gasteiger partial charge in [-0.3, -0.25) is 4.79 Å². The second-order valence-corrected chi connectivity index (χ2v) is 5.25. The minimum atomic E-state index is -0.458. The molecule has 6 heteroatoms. The highest BCUT2D eigenvalue weighted by Crippen LogP contribution is 2.16. The first kappa shape index (κ1) is 18.0. The lowest BCUT2D eigenvalue weighted by atomic mass is 10.1. The van der Waals surface area contributed by atoms with E-state index in [1.54, 1.807) is 36.4 Å². The van der Waals surface area contributed by atoms with Gasteiger partial charge >= 0.3 is 5.97 Å². The van der Waals surface area contributed by atoms with E-state index in [2.05, 4.69) is 16.1 Å². The number of esters is 1. The first-order chi connectivity index (χ1) is 12.1. The lowest BCUT2D eigenvalue weighted by Crippen LogP contribution is -2.13. The Labute approximate surface area is 146 Å². The average Bonchev–Trinajstić information content (AvgIpc) is 2.66. The quantitative estimate of drug-likeness (QED) is 0.784. The molecular formula is C19H18N2O4. The number of methoxy groups -OCH3 is 1. The van der Waals surface area contributed by atoms with Gasteiger partial charge in [-0.1, -0.05) is 12.1 Å². The van der Waals surface area contributed by atoms with E-state index < -0.39 is 5.97 Å². The number of hydrogen-bond acceptors (Lipinski definition) is 5. The number of anilines is 1. The summed E-state index contributed by atoms with van der Waals surface area (Å²) in [6.45, 7) is -0.160. The Bertz CT molecular complexity index is 762. The number of carbonyl (C=O) groups is 2. The van der Waals surface area contributed by atoms with Crippen molar-refractivity contribution in [1.29, 1.82) is 5.26 Å². The summed E-state index contributed by atoms with van der Waals surface area (Å²) in [6, 6.07) is 16.0. The fraction of sp³-hybridized carbons (Fsp3) is 0.211.